The van der Waals surface area contributed by atoms with Crippen molar-refractivity contribution in [1.29, 1.82) is 0 Å². The van der Waals surface area contributed by atoms with Crippen LogP contribution in [0, 0.1) is 0 Å². The minimum absolute atomic E-state index is 0.0898. The maximum atomic E-state index is 12.7. The molecular weight excluding hydrogens is 388 g/mol. The second kappa shape index (κ2) is 10.4. The molecule has 2 aromatic rings. The zero-order valence-electron chi connectivity index (χ0n) is 18.4. The zero-order chi connectivity index (χ0) is 21.6. The van der Waals surface area contributed by atoms with Crippen molar-refractivity contribution in [3.8, 4) is 0 Å². The summed E-state index contributed by atoms with van der Waals surface area (Å²) in [7, 11) is 0. The topological polar surface area (TPSA) is 61.8 Å². The Morgan fingerprint density at radius 3 is 2.90 bits per heavy atom. The van der Waals surface area contributed by atoms with Gasteiger partial charge in [-0.3, -0.25) is 9.69 Å². The molecule has 0 amide bonds. The zero-order valence-corrected chi connectivity index (χ0v) is 18.4. The third-order valence-corrected chi connectivity index (χ3v) is 6.42. The molecule has 166 valence electrons. The van der Waals surface area contributed by atoms with Gasteiger partial charge in [0.1, 0.15) is 0 Å². The summed E-state index contributed by atoms with van der Waals surface area (Å²) in [6, 6.07) is 16.6. The Balaban J connectivity index is 1.25. The molecular formula is C26H34N2O3. The lowest BCUT2D eigenvalue weighted by Crippen LogP contribution is -2.36. The largest absolute Gasteiger partial charge is 0.392 e. The molecule has 3 atom stereocenters. The molecule has 2 heterocycles. The van der Waals surface area contributed by atoms with Gasteiger partial charge >= 0.3 is 0 Å². The molecule has 0 bridgehead atoms. The summed E-state index contributed by atoms with van der Waals surface area (Å²) in [4.78, 5) is 15.0. The van der Waals surface area contributed by atoms with Crippen molar-refractivity contribution in [2.45, 2.75) is 63.8 Å². The van der Waals surface area contributed by atoms with E-state index in [9.17, 15) is 9.90 Å². The first-order valence-electron chi connectivity index (χ1n) is 11.6. The summed E-state index contributed by atoms with van der Waals surface area (Å²) in [6.45, 7) is 5.32. The number of hydrogen-bond donors (Lipinski definition) is 2. The first-order chi connectivity index (χ1) is 15.1. The van der Waals surface area contributed by atoms with Crippen molar-refractivity contribution in [3.63, 3.8) is 0 Å². The van der Waals surface area contributed by atoms with E-state index < -0.39 is 6.10 Å². The first kappa shape index (κ1) is 22.0. The number of carbonyl (C=O) groups excluding carboxylic acids is 1. The van der Waals surface area contributed by atoms with Crippen LogP contribution in [0.5, 0.6) is 0 Å². The van der Waals surface area contributed by atoms with Crippen LogP contribution in [0.4, 0.5) is 5.69 Å². The molecule has 0 saturated carbocycles. The van der Waals surface area contributed by atoms with Crippen LogP contribution in [0.25, 0.3) is 0 Å². The molecule has 2 aromatic carbocycles. The smallest absolute Gasteiger partial charge is 0.163 e. The van der Waals surface area contributed by atoms with Gasteiger partial charge in [-0.2, -0.15) is 0 Å². The van der Waals surface area contributed by atoms with Gasteiger partial charge in [0.25, 0.3) is 0 Å². The minimum atomic E-state index is -0.487. The van der Waals surface area contributed by atoms with E-state index in [-0.39, 0.29) is 11.9 Å². The van der Waals surface area contributed by atoms with Crippen molar-refractivity contribution in [2.75, 3.05) is 25.0 Å². The molecule has 2 aliphatic heterocycles. The number of ether oxygens (including phenoxy) is 1. The van der Waals surface area contributed by atoms with Crippen molar-refractivity contribution in [1.82, 2.24) is 4.90 Å². The number of aliphatic hydroxyl groups excluding tert-OH is 1. The SMILES string of the molecule is C[C@@H]1CC(Nc2cccc(C(=O)CC[C@H](O)CN3CCc4ccccc4C3)c2)CCO1. The Morgan fingerprint density at radius 2 is 2.06 bits per heavy atom. The summed E-state index contributed by atoms with van der Waals surface area (Å²) >= 11 is 0. The maximum absolute atomic E-state index is 12.7. The van der Waals surface area contributed by atoms with E-state index in [1.54, 1.807) is 0 Å². The van der Waals surface area contributed by atoms with Crippen LogP contribution >= 0.6 is 0 Å². The van der Waals surface area contributed by atoms with Crippen molar-refractivity contribution >= 4 is 11.5 Å². The van der Waals surface area contributed by atoms with Crippen LogP contribution in [0.2, 0.25) is 0 Å². The number of hydrogen-bond acceptors (Lipinski definition) is 5. The van der Waals surface area contributed by atoms with Gasteiger partial charge in [0.2, 0.25) is 0 Å². The maximum Gasteiger partial charge on any atom is 0.163 e. The monoisotopic (exact) mass is 422 g/mol. The fourth-order valence-corrected chi connectivity index (χ4v) is 4.69. The van der Waals surface area contributed by atoms with Gasteiger partial charge < -0.3 is 15.2 Å². The van der Waals surface area contributed by atoms with Gasteiger partial charge in [0.05, 0.1) is 12.2 Å². The number of nitrogens with one attached hydrogen (secondary N) is 1. The highest BCUT2D eigenvalue weighted by Gasteiger charge is 2.21. The quantitative estimate of drug-likeness (QED) is 0.629. The summed E-state index contributed by atoms with van der Waals surface area (Å²) in [5.41, 5.74) is 4.45. The number of rotatable bonds is 8. The summed E-state index contributed by atoms with van der Waals surface area (Å²) in [5, 5.41) is 14.1. The standard InChI is InChI=1S/C26H34N2O3/c1-19-15-24(12-14-31-19)27-23-8-4-7-21(16-23)26(30)10-9-25(29)18-28-13-11-20-5-2-3-6-22(20)17-28/h2-8,16,19,24-25,27,29H,9-15,17-18H2,1H3/t19-,24?,25+/m1/s1. The fourth-order valence-electron chi connectivity index (χ4n) is 4.69. The molecule has 0 spiro atoms. The molecule has 2 aliphatic rings. The lowest BCUT2D eigenvalue weighted by Gasteiger charge is -2.30. The highest BCUT2D eigenvalue weighted by Crippen LogP contribution is 2.21. The predicted octanol–water partition coefficient (Wildman–Crippen LogP) is 4.05. The number of β-amino-alcohol motifs (C(OH)–C–C–N with tert-alkyl or cyclic N) is 1. The number of anilines is 1. The third kappa shape index (κ3) is 6.16. The highest BCUT2D eigenvalue weighted by molar-refractivity contribution is 5.96. The molecule has 2 N–H and O–H groups in total. The molecule has 5 nitrogen and oxygen atoms in total. The van der Waals surface area contributed by atoms with E-state index in [2.05, 4.69) is 41.4 Å². The molecule has 4 rings (SSSR count). The number of ketones is 1. The Hall–Kier alpha value is -2.21. The van der Waals surface area contributed by atoms with Gasteiger partial charge in [0, 0.05) is 50.0 Å². The number of benzene rings is 2. The fraction of sp³-hybridized carbons (Fsp3) is 0.500. The Bertz CT molecular complexity index is 884. The van der Waals surface area contributed by atoms with E-state index in [0.29, 0.717) is 31.0 Å². The summed E-state index contributed by atoms with van der Waals surface area (Å²) in [5.74, 6) is 0.0898. The van der Waals surface area contributed by atoms with Crippen LogP contribution < -0.4 is 5.32 Å². The minimum Gasteiger partial charge on any atom is -0.392 e. The lowest BCUT2D eigenvalue weighted by molar-refractivity contribution is 0.0232. The van der Waals surface area contributed by atoms with E-state index in [0.717, 1.165) is 44.6 Å². The average Bonchev–Trinajstić information content (AvgIpc) is 2.77. The normalized spacial score (nSPS) is 22.5. The number of carbonyl (C=O) groups is 1. The van der Waals surface area contributed by atoms with Crippen LogP contribution in [0.1, 0.15) is 54.1 Å². The van der Waals surface area contributed by atoms with Crippen molar-refractivity contribution in [2.24, 2.45) is 0 Å². The van der Waals surface area contributed by atoms with Gasteiger partial charge in [-0.15, -0.1) is 0 Å². The predicted molar refractivity (Wildman–Crippen MR) is 123 cm³/mol. The molecule has 0 aliphatic carbocycles. The molecule has 1 fully saturated rings. The second-order valence-corrected chi connectivity index (χ2v) is 9.00. The van der Waals surface area contributed by atoms with E-state index >= 15 is 0 Å². The number of aliphatic hydroxyl groups is 1. The van der Waals surface area contributed by atoms with Gasteiger partial charge in [0.15, 0.2) is 5.78 Å². The Kier molecular flexibility index (Phi) is 7.38. The number of fused-ring (bicyclic) bond motifs is 1. The molecule has 1 saturated heterocycles. The average molecular weight is 423 g/mol. The third-order valence-electron chi connectivity index (χ3n) is 6.42. The molecule has 5 heteroatoms. The molecule has 0 radical (unpaired) electrons. The molecule has 31 heavy (non-hydrogen) atoms. The lowest BCUT2D eigenvalue weighted by atomic mass is 9.99. The van der Waals surface area contributed by atoms with Crippen LogP contribution in [0.3, 0.4) is 0 Å². The Morgan fingerprint density at radius 1 is 1.23 bits per heavy atom. The summed E-state index contributed by atoms with van der Waals surface area (Å²) < 4.78 is 5.61. The van der Waals surface area contributed by atoms with Gasteiger partial charge in [-0.1, -0.05) is 36.4 Å². The van der Waals surface area contributed by atoms with E-state index in [1.807, 2.05) is 24.3 Å². The van der Waals surface area contributed by atoms with Gasteiger partial charge in [-0.05, 0) is 55.9 Å². The Labute approximate surface area is 185 Å². The highest BCUT2D eigenvalue weighted by atomic mass is 16.5. The number of Topliss-reactive ketones (excluding diaryl/α,β-unsaturated/α-hetero) is 1. The van der Waals surface area contributed by atoms with Crippen LogP contribution in [0.15, 0.2) is 48.5 Å². The van der Waals surface area contributed by atoms with Crippen molar-refractivity contribution in [3.05, 3.63) is 65.2 Å². The first-order valence-corrected chi connectivity index (χ1v) is 11.6. The van der Waals surface area contributed by atoms with Crippen molar-refractivity contribution < 1.29 is 14.6 Å². The van der Waals surface area contributed by atoms with E-state index in [1.165, 1.54) is 11.1 Å². The molecule has 0 aromatic heterocycles. The van der Waals surface area contributed by atoms with Crippen LogP contribution in [-0.4, -0.2) is 53.7 Å². The number of nitrogens with zero attached hydrogens (tertiary/aromatic N) is 1. The molecule has 1 unspecified atom stereocenters. The van der Waals surface area contributed by atoms with Crippen LogP contribution in [-0.2, 0) is 17.7 Å². The van der Waals surface area contributed by atoms with Gasteiger partial charge in [-0.25, -0.2) is 0 Å². The summed E-state index contributed by atoms with van der Waals surface area (Å²) in [6.07, 6.45) is 3.62. The van der Waals surface area contributed by atoms with E-state index in [4.69, 9.17) is 4.74 Å². The second-order valence-electron chi connectivity index (χ2n) is 9.00.